The Kier molecular flexibility index (Phi) is 6.34. The number of nitrogens with one attached hydrogen (secondary N) is 2. The molecule has 3 rings (SSSR count). The van der Waals surface area contributed by atoms with E-state index >= 15 is 0 Å². The van der Waals surface area contributed by atoms with Crippen molar-refractivity contribution in [3.05, 3.63) is 107 Å². The lowest BCUT2D eigenvalue weighted by Gasteiger charge is -2.20. The Morgan fingerprint density at radius 1 is 0.889 bits per heavy atom. The quantitative estimate of drug-likeness (QED) is 0.664. The Morgan fingerprint density at radius 2 is 1.52 bits per heavy atom. The number of benzene rings is 3. The van der Waals surface area contributed by atoms with Crippen LogP contribution in [-0.2, 0) is 11.3 Å². The van der Waals surface area contributed by atoms with E-state index in [9.17, 15) is 9.18 Å². The average Bonchev–Trinajstić information content (AvgIpc) is 2.70. The highest BCUT2D eigenvalue weighted by Gasteiger charge is 2.14. The number of carbonyl (C=O) groups is 1. The second kappa shape index (κ2) is 9.10. The molecule has 0 spiro atoms. The number of amides is 1. The molecule has 0 fully saturated rings. The molecular weight excluding hydrogens is 339 g/mol. The summed E-state index contributed by atoms with van der Waals surface area (Å²) in [7, 11) is 0. The van der Waals surface area contributed by atoms with E-state index in [0.717, 1.165) is 16.7 Å². The zero-order valence-corrected chi connectivity index (χ0v) is 15.3. The van der Waals surface area contributed by atoms with Crippen molar-refractivity contribution >= 4 is 5.91 Å². The molecule has 0 bridgehead atoms. The number of hydrogen-bond acceptors (Lipinski definition) is 2. The normalized spacial score (nSPS) is 11.8. The molecule has 27 heavy (non-hydrogen) atoms. The molecule has 0 unspecified atom stereocenters. The van der Waals surface area contributed by atoms with E-state index in [4.69, 9.17) is 0 Å². The summed E-state index contributed by atoms with van der Waals surface area (Å²) < 4.78 is 12.9. The van der Waals surface area contributed by atoms with E-state index in [1.807, 2.05) is 30.3 Å². The van der Waals surface area contributed by atoms with Gasteiger partial charge in [0.25, 0.3) is 0 Å². The topological polar surface area (TPSA) is 41.1 Å². The molecule has 0 saturated carbocycles. The number of halogens is 1. The Balaban J connectivity index is 1.63. The molecule has 3 aromatic rings. The summed E-state index contributed by atoms with van der Waals surface area (Å²) in [4.78, 5) is 12.3. The summed E-state index contributed by atoms with van der Waals surface area (Å²) in [6, 6.07) is 24.4. The van der Waals surface area contributed by atoms with Gasteiger partial charge in [0, 0.05) is 6.54 Å². The maximum Gasteiger partial charge on any atom is 0.234 e. The molecule has 4 heteroatoms. The number of aryl methyl sites for hydroxylation is 1. The molecule has 0 aliphatic heterocycles. The third kappa shape index (κ3) is 5.50. The second-order valence-electron chi connectivity index (χ2n) is 6.54. The minimum atomic E-state index is -0.282. The Labute approximate surface area is 159 Å². The van der Waals surface area contributed by atoms with Crippen LogP contribution in [0.5, 0.6) is 0 Å². The molecule has 1 atom stereocenters. The Hall–Kier alpha value is -2.98. The molecule has 0 aliphatic rings. The van der Waals surface area contributed by atoms with Crippen molar-refractivity contribution in [1.82, 2.24) is 10.6 Å². The van der Waals surface area contributed by atoms with Crippen LogP contribution in [0, 0.1) is 12.7 Å². The number of hydrogen-bond donors (Lipinski definition) is 2. The van der Waals surface area contributed by atoms with Crippen LogP contribution in [0.3, 0.4) is 0 Å². The summed E-state index contributed by atoms with van der Waals surface area (Å²) in [5.41, 5.74) is 4.27. The van der Waals surface area contributed by atoms with Crippen molar-refractivity contribution < 1.29 is 9.18 Å². The minimum Gasteiger partial charge on any atom is -0.351 e. The maximum absolute atomic E-state index is 12.9. The highest BCUT2D eigenvalue weighted by atomic mass is 19.1. The Morgan fingerprint density at radius 3 is 2.19 bits per heavy atom. The van der Waals surface area contributed by atoms with Crippen molar-refractivity contribution in [2.75, 3.05) is 6.54 Å². The highest BCUT2D eigenvalue weighted by Crippen LogP contribution is 2.22. The summed E-state index contributed by atoms with van der Waals surface area (Å²) >= 11 is 0. The van der Waals surface area contributed by atoms with Gasteiger partial charge in [-0.25, -0.2) is 4.39 Å². The smallest absolute Gasteiger partial charge is 0.234 e. The number of carbonyl (C=O) groups excluding carboxylic acids is 1. The van der Waals surface area contributed by atoms with Crippen molar-refractivity contribution in [3.8, 4) is 0 Å². The first-order valence-electron chi connectivity index (χ1n) is 8.98. The van der Waals surface area contributed by atoms with E-state index in [1.165, 1.54) is 17.7 Å². The van der Waals surface area contributed by atoms with Gasteiger partial charge >= 0.3 is 0 Å². The van der Waals surface area contributed by atoms with E-state index in [0.29, 0.717) is 6.54 Å². The average molecular weight is 362 g/mol. The molecule has 3 nitrogen and oxygen atoms in total. The lowest BCUT2D eigenvalue weighted by Crippen LogP contribution is -2.35. The first-order valence-corrected chi connectivity index (χ1v) is 8.98. The van der Waals surface area contributed by atoms with Crippen LogP contribution in [0.15, 0.2) is 78.9 Å². The highest BCUT2D eigenvalue weighted by molar-refractivity contribution is 5.78. The van der Waals surface area contributed by atoms with Gasteiger partial charge in [0.15, 0.2) is 0 Å². The predicted octanol–water partition coefficient (Wildman–Crippen LogP) is 4.13. The van der Waals surface area contributed by atoms with Crippen LogP contribution >= 0.6 is 0 Å². The molecule has 0 heterocycles. The minimum absolute atomic E-state index is 0.0663. The zero-order chi connectivity index (χ0) is 19.1. The van der Waals surface area contributed by atoms with Gasteiger partial charge < -0.3 is 5.32 Å². The van der Waals surface area contributed by atoms with Crippen LogP contribution in [0.1, 0.15) is 28.3 Å². The lowest BCUT2D eigenvalue weighted by atomic mass is 9.98. The molecule has 0 saturated heterocycles. The fourth-order valence-electron chi connectivity index (χ4n) is 2.89. The first kappa shape index (κ1) is 18.8. The van der Waals surface area contributed by atoms with E-state index in [2.05, 4.69) is 41.8 Å². The van der Waals surface area contributed by atoms with Crippen molar-refractivity contribution in [2.45, 2.75) is 19.5 Å². The molecule has 0 aliphatic carbocycles. The van der Waals surface area contributed by atoms with E-state index < -0.39 is 0 Å². The third-order valence-electron chi connectivity index (χ3n) is 4.41. The largest absolute Gasteiger partial charge is 0.351 e. The van der Waals surface area contributed by atoms with Gasteiger partial charge in [-0.05, 0) is 35.7 Å². The first-order chi connectivity index (χ1) is 13.1. The monoisotopic (exact) mass is 362 g/mol. The predicted molar refractivity (Wildman–Crippen MR) is 106 cm³/mol. The van der Waals surface area contributed by atoms with Crippen LogP contribution in [0.2, 0.25) is 0 Å². The van der Waals surface area contributed by atoms with Crippen LogP contribution < -0.4 is 10.6 Å². The van der Waals surface area contributed by atoms with Crippen molar-refractivity contribution in [3.63, 3.8) is 0 Å². The summed E-state index contributed by atoms with van der Waals surface area (Å²) in [6.07, 6.45) is 0. The summed E-state index contributed by atoms with van der Waals surface area (Å²) in [5.74, 6) is -0.386. The second-order valence-corrected chi connectivity index (χ2v) is 6.54. The van der Waals surface area contributed by atoms with Gasteiger partial charge in [-0.3, -0.25) is 10.1 Å². The van der Waals surface area contributed by atoms with Crippen molar-refractivity contribution in [1.29, 1.82) is 0 Å². The van der Waals surface area contributed by atoms with Crippen LogP contribution in [0.25, 0.3) is 0 Å². The SMILES string of the molecule is Cc1ccc([C@@H](NCC(=O)NCc2ccc(F)cc2)c2ccccc2)cc1. The Bertz CT molecular complexity index is 861. The molecule has 1 amide bonds. The van der Waals surface area contributed by atoms with Gasteiger partial charge in [-0.2, -0.15) is 0 Å². The summed E-state index contributed by atoms with van der Waals surface area (Å²) in [5, 5.41) is 6.21. The van der Waals surface area contributed by atoms with Crippen LogP contribution in [-0.4, -0.2) is 12.5 Å². The van der Waals surface area contributed by atoms with Gasteiger partial charge in [0.05, 0.1) is 12.6 Å². The van der Waals surface area contributed by atoms with Gasteiger partial charge in [-0.1, -0.05) is 72.3 Å². The summed E-state index contributed by atoms with van der Waals surface area (Å²) in [6.45, 7) is 2.62. The van der Waals surface area contributed by atoms with Gasteiger partial charge in [0.1, 0.15) is 5.82 Å². The maximum atomic E-state index is 12.9. The third-order valence-corrected chi connectivity index (χ3v) is 4.41. The van der Waals surface area contributed by atoms with Gasteiger partial charge in [0.2, 0.25) is 5.91 Å². The molecule has 0 radical (unpaired) electrons. The molecule has 138 valence electrons. The van der Waals surface area contributed by atoms with Crippen molar-refractivity contribution in [2.24, 2.45) is 0 Å². The van der Waals surface area contributed by atoms with E-state index in [1.54, 1.807) is 12.1 Å². The van der Waals surface area contributed by atoms with E-state index in [-0.39, 0.29) is 24.3 Å². The molecule has 2 N–H and O–H groups in total. The molecule has 3 aromatic carbocycles. The fourth-order valence-corrected chi connectivity index (χ4v) is 2.89. The standard InChI is InChI=1S/C23H23FN2O/c1-17-7-11-20(12-8-17)23(19-5-3-2-4-6-19)26-16-22(27)25-15-18-9-13-21(24)14-10-18/h2-14,23,26H,15-16H2,1H3,(H,25,27)/t23-/m0/s1. The molecular formula is C23H23FN2O. The zero-order valence-electron chi connectivity index (χ0n) is 15.3. The molecule has 0 aromatic heterocycles. The van der Waals surface area contributed by atoms with Gasteiger partial charge in [-0.15, -0.1) is 0 Å². The van der Waals surface area contributed by atoms with Crippen LogP contribution in [0.4, 0.5) is 4.39 Å². The number of rotatable bonds is 7. The fraction of sp³-hybridized carbons (Fsp3) is 0.174. The lowest BCUT2D eigenvalue weighted by molar-refractivity contribution is -0.120.